The van der Waals surface area contributed by atoms with Gasteiger partial charge in [0.1, 0.15) is 18.8 Å². The van der Waals surface area contributed by atoms with Gasteiger partial charge in [-0.15, -0.1) is 0 Å². The third-order valence-electron chi connectivity index (χ3n) is 5.22. The molecule has 0 aromatic heterocycles. The maximum absolute atomic E-state index is 12.9. The monoisotopic (exact) mass is 410 g/mol. The Hall–Kier alpha value is -3.35. The van der Waals surface area contributed by atoms with Gasteiger partial charge in [0, 0.05) is 6.42 Å². The van der Waals surface area contributed by atoms with Crippen molar-refractivity contribution >= 4 is 18.0 Å². The molecule has 0 spiro atoms. The van der Waals surface area contributed by atoms with Crippen LogP contribution in [0.4, 0.5) is 9.59 Å². The second-order valence-electron chi connectivity index (χ2n) is 7.45. The lowest BCUT2D eigenvalue weighted by Gasteiger charge is -2.40. The molecule has 0 saturated heterocycles. The Morgan fingerprint density at radius 3 is 2.07 bits per heavy atom. The number of nitrogens with zero attached hydrogens (tertiary/aromatic N) is 1. The number of ether oxygens (including phenoxy) is 2. The maximum atomic E-state index is 12.9. The van der Waals surface area contributed by atoms with Gasteiger partial charge < -0.3 is 9.47 Å². The number of hydrogen-bond donors (Lipinski definition) is 1. The number of nitrogens with one attached hydrogen (secondary N) is 1. The third-order valence-corrected chi connectivity index (χ3v) is 5.22. The van der Waals surface area contributed by atoms with E-state index in [1.54, 1.807) is 6.92 Å². The molecule has 2 aromatic rings. The molecular weight excluding hydrogens is 384 g/mol. The zero-order valence-corrected chi connectivity index (χ0v) is 17.0. The Morgan fingerprint density at radius 2 is 1.50 bits per heavy atom. The summed E-state index contributed by atoms with van der Waals surface area (Å²) < 4.78 is 10.6. The van der Waals surface area contributed by atoms with Crippen LogP contribution in [0.5, 0.6) is 0 Å². The first kappa shape index (κ1) is 21.4. The first-order valence-electron chi connectivity index (χ1n) is 10.0. The van der Waals surface area contributed by atoms with Gasteiger partial charge in [0.15, 0.2) is 5.78 Å². The highest BCUT2D eigenvalue weighted by Gasteiger charge is 2.45. The van der Waals surface area contributed by atoms with E-state index in [0.717, 1.165) is 29.0 Å². The van der Waals surface area contributed by atoms with Gasteiger partial charge in [-0.2, -0.15) is 0 Å². The van der Waals surface area contributed by atoms with Crippen molar-refractivity contribution in [2.45, 2.75) is 51.4 Å². The van der Waals surface area contributed by atoms with Crippen LogP contribution in [0.2, 0.25) is 0 Å². The van der Waals surface area contributed by atoms with Gasteiger partial charge in [-0.1, -0.05) is 67.1 Å². The first-order chi connectivity index (χ1) is 14.5. The summed E-state index contributed by atoms with van der Waals surface area (Å²) in [6, 6.07) is 18.4. The van der Waals surface area contributed by atoms with Crippen LogP contribution in [0.25, 0.3) is 0 Å². The second-order valence-corrected chi connectivity index (χ2v) is 7.45. The second kappa shape index (κ2) is 9.91. The van der Waals surface area contributed by atoms with Crippen LogP contribution in [-0.4, -0.2) is 28.5 Å². The fourth-order valence-electron chi connectivity index (χ4n) is 3.40. The molecule has 0 aliphatic heterocycles. The predicted octanol–water partition coefficient (Wildman–Crippen LogP) is 4.37. The van der Waals surface area contributed by atoms with Crippen LogP contribution in [0.1, 0.15) is 43.7 Å². The Labute approximate surface area is 175 Å². The lowest BCUT2D eigenvalue weighted by molar-refractivity contribution is -0.134. The number of Topliss-reactive ketones (excluding diaryl/α,β-unsaturated/α-hetero) is 1. The molecule has 0 heterocycles. The van der Waals surface area contributed by atoms with E-state index in [0.29, 0.717) is 12.8 Å². The molecule has 2 aromatic carbocycles. The number of ketones is 1. The van der Waals surface area contributed by atoms with E-state index in [9.17, 15) is 14.4 Å². The molecule has 1 aliphatic rings. The third kappa shape index (κ3) is 5.37. The molecule has 0 bridgehead atoms. The topological polar surface area (TPSA) is 84.9 Å². The lowest BCUT2D eigenvalue weighted by atomic mass is 9.81. The molecule has 0 unspecified atom stereocenters. The van der Waals surface area contributed by atoms with E-state index in [-0.39, 0.29) is 19.0 Å². The number of hydrogen-bond acceptors (Lipinski definition) is 5. The van der Waals surface area contributed by atoms with Gasteiger partial charge >= 0.3 is 12.2 Å². The number of carbonyl (C=O) groups is 3. The van der Waals surface area contributed by atoms with Crippen molar-refractivity contribution in [2.75, 3.05) is 0 Å². The highest BCUT2D eigenvalue weighted by atomic mass is 16.6. The van der Waals surface area contributed by atoms with E-state index in [2.05, 4.69) is 5.43 Å². The molecule has 1 aliphatic carbocycles. The summed E-state index contributed by atoms with van der Waals surface area (Å²) in [6.07, 6.45) is 0.694. The molecule has 30 heavy (non-hydrogen) atoms. The minimum Gasteiger partial charge on any atom is -0.443 e. The van der Waals surface area contributed by atoms with Crippen LogP contribution >= 0.6 is 0 Å². The number of benzene rings is 2. The highest BCUT2D eigenvalue weighted by molar-refractivity contribution is 5.92. The fraction of sp³-hybridized carbons (Fsp3) is 0.348. The van der Waals surface area contributed by atoms with Crippen molar-refractivity contribution < 1.29 is 23.9 Å². The zero-order valence-electron chi connectivity index (χ0n) is 17.0. The van der Waals surface area contributed by atoms with Gasteiger partial charge in [-0.05, 0) is 30.9 Å². The fourth-order valence-corrected chi connectivity index (χ4v) is 3.40. The van der Waals surface area contributed by atoms with Crippen molar-refractivity contribution in [3.63, 3.8) is 0 Å². The molecule has 1 atom stereocenters. The minimum atomic E-state index is -1.18. The molecule has 2 amide bonds. The summed E-state index contributed by atoms with van der Waals surface area (Å²) in [6.45, 7) is 1.72. The van der Waals surface area contributed by atoms with E-state index in [4.69, 9.17) is 9.47 Å². The van der Waals surface area contributed by atoms with E-state index < -0.39 is 17.7 Å². The largest absolute Gasteiger partial charge is 0.443 e. The molecule has 7 nitrogen and oxygen atoms in total. The van der Waals surface area contributed by atoms with Crippen LogP contribution in [-0.2, 0) is 27.5 Å². The SMILES string of the molecule is C[C@]1(N(NC(=O)OCc2ccccc2)C(=O)OCc2ccccc2)CCCCC1=O. The zero-order chi connectivity index (χ0) is 21.4. The number of carbonyl (C=O) groups excluding carboxylic acids is 3. The van der Waals surface area contributed by atoms with Crippen LogP contribution in [0, 0.1) is 0 Å². The Kier molecular flexibility index (Phi) is 7.06. The molecule has 1 fully saturated rings. The van der Waals surface area contributed by atoms with Crippen molar-refractivity contribution in [2.24, 2.45) is 0 Å². The minimum absolute atomic E-state index is 0.0290. The number of amides is 2. The number of rotatable bonds is 5. The molecular formula is C23H26N2O5. The van der Waals surface area contributed by atoms with Crippen molar-refractivity contribution in [1.82, 2.24) is 10.4 Å². The summed E-state index contributed by atoms with van der Waals surface area (Å²) in [5.74, 6) is -0.117. The van der Waals surface area contributed by atoms with Crippen LogP contribution in [0.15, 0.2) is 60.7 Å². The first-order valence-corrected chi connectivity index (χ1v) is 10.0. The normalized spacial score (nSPS) is 18.4. The maximum Gasteiger partial charge on any atom is 0.430 e. The van der Waals surface area contributed by atoms with Crippen molar-refractivity contribution in [1.29, 1.82) is 0 Å². The molecule has 3 rings (SSSR count). The molecule has 0 radical (unpaired) electrons. The summed E-state index contributed by atoms with van der Waals surface area (Å²) in [5, 5.41) is 0.991. The van der Waals surface area contributed by atoms with Gasteiger partial charge in [0.25, 0.3) is 0 Å². The molecule has 1 N–H and O–H groups in total. The Morgan fingerprint density at radius 1 is 0.933 bits per heavy atom. The van der Waals surface area contributed by atoms with Gasteiger partial charge in [0.2, 0.25) is 0 Å². The highest BCUT2D eigenvalue weighted by Crippen LogP contribution is 2.30. The van der Waals surface area contributed by atoms with E-state index in [1.807, 2.05) is 60.7 Å². The molecule has 7 heteroatoms. The molecule has 1 saturated carbocycles. The molecule has 158 valence electrons. The van der Waals surface area contributed by atoms with Crippen LogP contribution in [0.3, 0.4) is 0 Å². The summed E-state index contributed by atoms with van der Waals surface area (Å²) in [4.78, 5) is 37.9. The van der Waals surface area contributed by atoms with Crippen LogP contribution < -0.4 is 5.43 Å². The van der Waals surface area contributed by atoms with E-state index in [1.165, 1.54) is 0 Å². The van der Waals surface area contributed by atoms with Crippen molar-refractivity contribution in [3.8, 4) is 0 Å². The Balaban J connectivity index is 1.69. The van der Waals surface area contributed by atoms with E-state index >= 15 is 0 Å². The standard InChI is InChI=1S/C23H26N2O5/c1-23(15-9-8-14-20(23)26)25(22(28)30-17-19-12-6-3-7-13-19)24-21(27)29-16-18-10-4-2-5-11-18/h2-7,10-13H,8-9,14-17H2,1H3,(H,24,27)/t23-/m0/s1. The van der Waals surface area contributed by atoms with Gasteiger partial charge in [-0.25, -0.2) is 20.0 Å². The average Bonchev–Trinajstić information content (AvgIpc) is 2.78. The smallest absolute Gasteiger partial charge is 0.430 e. The van der Waals surface area contributed by atoms with Gasteiger partial charge in [0.05, 0.1) is 0 Å². The predicted molar refractivity (Wildman–Crippen MR) is 110 cm³/mol. The summed E-state index contributed by atoms with van der Waals surface area (Å²) in [7, 11) is 0. The number of hydrazine groups is 1. The quantitative estimate of drug-likeness (QED) is 0.740. The average molecular weight is 410 g/mol. The summed E-state index contributed by atoms with van der Waals surface area (Å²) in [5.41, 5.74) is 2.87. The lowest BCUT2D eigenvalue weighted by Crippen LogP contribution is -2.63. The summed E-state index contributed by atoms with van der Waals surface area (Å²) >= 11 is 0. The van der Waals surface area contributed by atoms with Crippen molar-refractivity contribution in [3.05, 3.63) is 71.8 Å². The van der Waals surface area contributed by atoms with Gasteiger partial charge in [-0.3, -0.25) is 4.79 Å². The Bertz CT molecular complexity index is 872.